The number of carbonyl (C=O) groups excluding carboxylic acids is 2. The van der Waals surface area contributed by atoms with Crippen molar-refractivity contribution < 1.29 is 9.59 Å². The quantitative estimate of drug-likeness (QED) is 0.899. The van der Waals surface area contributed by atoms with Gasteiger partial charge >= 0.3 is 0 Å². The van der Waals surface area contributed by atoms with Crippen molar-refractivity contribution in [1.29, 1.82) is 0 Å². The van der Waals surface area contributed by atoms with Crippen LogP contribution in [0.2, 0.25) is 0 Å². The van der Waals surface area contributed by atoms with Crippen LogP contribution < -0.4 is 5.73 Å². The number of benzene rings is 1. The maximum absolute atomic E-state index is 12.0. The van der Waals surface area contributed by atoms with E-state index >= 15 is 0 Å². The average molecular weight is 260 g/mol. The van der Waals surface area contributed by atoms with E-state index in [1.54, 1.807) is 4.90 Å². The summed E-state index contributed by atoms with van der Waals surface area (Å²) in [5.41, 5.74) is 8.81. The van der Waals surface area contributed by atoms with Crippen LogP contribution in [0.1, 0.15) is 36.1 Å². The van der Waals surface area contributed by atoms with Crippen LogP contribution in [-0.4, -0.2) is 23.3 Å². The average Bonchev–Trinajstić information content (AvgIpc) is 2.69. The molecule has 1 aliphatic heterocycles. The summed E-state index contributed by atoms with van der Waals surface area (Å²) >= 11 is 0. The second-order valence-corrected chi connectivity index (χ2v) is 5.13. The van der Waals surface area contributed by atoms with E-state index in [1.807, 2.05) is 39.0 Å². The number of rotatable bonds is 3. The molecule has 0 aromatic heterocycles. The minimum Gasteiger partial charge on any atom is -0.369 e. The molecule has 4 heteroatoms. The van der Waals surface area contributed by atoms with Crippen molar-refractivity contribution in [3.8, 4) is 0 Å². The molecule has 0 spiro atoms. The molecule has 1 aromatic rings. The van der Waals surface area contributed by atoms with Crippen molar-refractivity contribution >= 4 is 11.8 Å². The number of nitrogens with zero attached hydrogens (tertiary/aromatic N) is 1. The zero-order valence-corrected chi connectivity index (χ0v) is 11.6. The van der Waals surface area contributed by atoms with Gasteiger partial charge in [0.15, 0.2) is 0 Å². The Labute approximate surface area is 113 Å². The van der Waals surface area contributed by atoms with Crippen LogP contribution in [-0.2, 0) is 9.59 Å². The van der Waals surface area contributed by atoms with Gasteiger partial charge in [0.2, 0.25) is 11.8 Å². The fourth-order valence-electron chi connectivity index (χ4n) is 2.90. The van der Waals surface area contributed by atoms with Crippen LogP contribution in [0.15, 0.2) is 18.2 Å². The lowest BCUT2D eigenvalue weighted by Gasteiger charge is -2.28. The Kier molecular flexibility index (Phi) is 3.60. The lowest BCUT2D eigenvalue weighted by atomic mass is 9.89. The Hall–Kier alpha value is -1.84. The van der Waals surface area contributed by atoms with Crippen LogP contribution in [0.25, 0.3) is 0 Å². The highest BCUT2D eigenvalue weighted by Crippen LogP contribution is 2.39. The van der Waals surface area contributed by atoms with Gasteiger partial charge in [0, 0.05) is 13.0 Å². The first-order valence-electron chi connectivity index (χ1n) is 6.62. The molecule has 1 fully saturated rings. The summed E-state index contributed by atoms with van der Waals surface area (Å²) in [7, 11) is 0. The van der Waals surface area contributed by atoms with Gasteiger partial charge in [-0.2, -0.15) is 0 Å². The molecule has 0 saturated carbocycles. The van der Waals surface area contributed by atoms with Crippen molar-refractivity contribution in [2.24, 2.45) is 11.7 Å². The molecule has 2 rings (SSSR count). The Bertz CT molecular complexity index is 525. The highest BCUT2D eigenvalue weighted by Gasteiger charge is 2.43. The number of likely N-dealkylation sites (tertiary alicyclic amines) is 1. The topological polar surface area (TPSA) is 63.4 Å². The van der Waals surface area contributed by atoms with Gasteiger partial charge in [0.1, 0.15) is 0 Å². The molecular weight excluding hydrogens is 240 g/mol. The molecule has 2 atom stereocenters. The molecule has 1 aliphatic rings. The summed E-state index contributed by atoms with van der Waals surface area (Å²) in [5.74, 6) is -0.805. The summed E-state index contributed by atoms with van der Waals surface area (Å²) in [6.07, 6.45) is 0.223. The normalized spacial score (nSPS) is 22.9. The van der Waals surface area contributed by atoms with Gasteiger partial charge in [-0.25, -0.2) is 0 Å². The molecule has 102 valence electrons. The molecular formula is C15H20N2O2. The summed E-state index contributed by atoms with van der Waals surface area (Å²) < 4.78 is 0. The van der Waals surface area contributed by atoms with Gasteiger partial charge in [0.05, 0.1) is 12.0 Å². The van der Waals surface area contributed by atoms with Gasteiger partial charge in [-0.3, -0.25) is 9.59 Å². The molecule has 4 nitrogen and oxygen atoms in total. The van der Waals surface area contributed by atoms with Crippen molar-refractivity contribution in [3.63, 3.8) is 0 Å². The molecule has 1 heterocycles. The van der Waals surface area contributed by atoms with E-state index in [2.05, 4.69) is 0 Å². The van der Waals surface area contributed by atoms with E-state index in [9.17, 15) is 9.59 Å². The molecule has 0 unspecified atom stereocenters. The van der Waals surface area contributed by atoms with Crippen molar-refractivity contribution in [2.75, 3.05) is 6.54 Å². The van der Waals surface area contributed by atoms with Crippen molar-refractivity contribution in [1.82, 2.24) is 4.90 Å². The number of primary amides is 1. The maximum Gasteiger partial charge on any atom is 0.223 e. The first kappa shape index (κ1) is 13.6. The van der Waals surface area contributed by atoms with Crippen LogP contribution in [0, 0.1) is 19.8 Å². The van der Waals surface area contributed by atoms with Gasteiger partial charge < -0.3 is 10.6 Å². The third-order valence-electron chi connectivity index (χ3n) is 4.10. The molecule has 0 aliphatic carbocycles. The van der Waals surface area contributed by atoms with E-state index in [0.29, 0.717) is 6.54 Å². The minimum absolute atomic E-state index is 0.0113. The second-order valence-electron chi connectivity index (χ2n) is 5.13. The third-order valence-corrected chi connectivity index (χ3v) is 4.10. The zero-order valence-electron chi connectivity index (χ0n) is 11.6. The van der Waals surface area contributed by atoms with Crippen LogP contribution in [0.4, 0.5) is 0 Å². The van der Waals surface area contributed by atoms with Gasteiger partial charge in [-0.1, -0.05) is 18.2 Å². The molecule has 1 aromatic carbocycles. The number of carbonyl (C=O) groups is 2. The van der Waals surface area contributed by atoms with E-state index < -0.39 is 11.8 Å². The highest BCUT2D eigenvalue weighted by molar-refractivity contribution is 5.89. The number of hydrogen-bond donors (Lipinski definition) is 1. The van der Waals surface area contributed by atoms with Gasteiger partial charge in [-0.15, -0.1) is 0 Å². The first-order valence-corrected chi connectivity index (χ1v) is 6.62. The molecule has 1 saturated heterocycles. The van der Waals surface area contributed by atoms with E-state index in [-0.39, 0.29) is 18.4 Å². The monoisotopic (exact) mass is 260 g/mol. The third kappa shape index (κ3) is 2.23. The highest BCUT2D eigenvalue weighted by atomic mass is 16.2. The first-order chi connectivity index (χ1) is 8.97. The lowest BCUT2D eigenvalue weighted by molar-refractivity contribution is -0.129. The summed E-state index contributed by atoms with van der Waals surface area (Å²) in [6, 6.07) is 5.77. The number of nitrogens with two attached hydrogens (primary N) is 1. The van der Waals surface area contributed by atoms with Gasteiger partial charge in [-0.05, 0) is 37.5 Å². The summed E-state index contributed by atoms with van der Waals surface area (Å²) in [5, 5.41) is 0. The zero-order chi connectivity index (χ0) is 14.2. The standard InChI is InChI=1S/C15H20N2O2/c1-4-17-13(18)8-12(15(16)19)14(17)11-7-5-6-9(2)10(11)3/h5-7,12,14H,4,8H2,1-3H3,(H2,16,19)/t12-,14-/m1/s1. The van der Waals surface area contributed by atoms with Crippen LogP contribution >= 0.6 is 0 Å². The SMILES string of the molecule is CCN1C(=O)C[C@@H](C(N)=O)[C@H]1c1cccc(C)c1C. The van der Waals surface area contributed by atoms with Crippen molar-refractivity contribution in [2.45, 2.75) is 33.2 Å². The number of aryl methyl sites for hydroxylation is 1. The summed E-state index contributed by atoms with van der Waals surface area (Å²) in [6.45, 7) is 6.59. The molecule has 2 amide bonds. The van der Waals surface area contributed by atoms with E-state index in [1.165, 1.54) is 0 Å². The fraction of sp³-hybridized carbons (Fsp3) is 0.467. The maximum atomic E-state index is 12.0. The smallest absolute Gasteiger partial charge is 0.223 e. The number of hydrogen-bond acceptors (Lipinski definition) is 2. The molecule has 0 radical (unpaired) electrons. The fourth-order valence-corrected chi connectivity index (χ4v) is 2.90. The predicted octanol–water partition coefficient (Wildman–Crippen LogP) is 1.70. The van der Waals surface area contributed by atoms with E-state index in [0.717, 1.165) is 16.7 Å². The Morgan fingerprint density at radius 2 is 2.11 bits per heavy atom. The second kappa shape index (κ2) is 5.03. The molecule has 2 N–H and O–H groups in total. The predicted molar refractivity (Wildman–Crippen MR) is 73.3 cm³/mol. The number of amides is 2. The lowest BCUT2D eigenvalue weighted by Crippen LogP contribution is -2.33. The van der Waals surface area contributed by atoms with Crippen molar-refractivity contribution in [3.05, 3.63) is 34.9 Å². The molecule has 19 heavy (non-hydrogen) atoms. The van der Waals surface area contributed by atoms with Crippen LogP contribution in [0.5, 0.6) is 0 Å². The van der Waals surface area contributed by atoms with Gasteiger partial charge in [0.25, 0.3) is 0 Å². The largest absolute Gasteiger partial charge is 0.369 e. The van der Waals surface area contributed by atoms with E-state index in [4.69, 9.17) is 5.73 Å². The minimum atomic E-state index is -0.423. The Morgan fingerprint density at radius 3 is 2.68 bits per heavy atom. The Morgan fingerprint density at radius 1 is 1.42 bits per heavy atom. The van der Waals surface area contributed by atoms with Crippen LogP contribution in [0.3, 0.4) is 0 Å². The Balaban J connectivity index is 2.51. The summed E-state index contributed by atoms with van der Waals surface area (Å²) in [4.78, 5) is 25.4. The molecule has 0 bridgehead atoms.